The van der Waals surface area contributed by atoms with Crippen molar-refractivity contribution in [1.82, 2.24) is 15.3 Å². The second kappa shape index (κ2) is 5.67. The van der Waals surface area contributed by atoms with Gasteiger partial charge in [0.25, 0.3) is 5.91 Å². The Morgan fingerprint density at radius 3 is 2.71 bits per heavy atom. The van der Waals surface area contributed by atoms with Crippen molar-refractivity contribution in [2.45, 2.75) is 44.1 Å². The number of hydrogen-bond donors (Lipinski definition) is 3. The van der Waals surface area contributed by atoms with Crippen molar-refractivity contribution < 1.29 is 9.59 Å². The van der Waals surface area contributed by atoms with Gasteiger partial charge in [0.2, 0.25) is 11.9 Å². The van der Waals surface area contributed by atoms with Crippen molar-refractivity contribution in [2.75, 3.05) is 11.9 Å². The number of rotatable bonds is 4. The maximum absolute atomic E-state index is 11.6. The van der Waals surface area contributed by atoms with Gasteiger partial charge in [-0.15, -0.1) is 0 Å². The molecule has 0 radical (unpaired) electrons. The molecule has 1 atom stereocenters. The fourth-order valence-electron chi connectivity index (χ4n) is 3.05. The molecule has 0 bridgehead atoms. The lowest BCUT2D eigenvalue weighted by Crippen LogP contribution is -2.30. The predicted octanol–water partition coefficient (Wildman–Crippen LogP) is 0.533. The summed E-state index contributed by atoms with van der Waals surface area (Å²) in [5.74, 6) is 0.111. The Balaban J connectivity index is 1.86. The van der Waals surface area contributed by atoms with E-state index < -0.39 is 5.91 Å². The maximum atomic E-state index is 11.6. The highest BCUT2D eigenvalue weighted by Gasteiger charge is 2.27. The van der Waals surface area contributed by atoms with Crippen LogP contribution in [-0.4, -0.2) is 34.4 Å². The Hall–Kier alpha value is -2.18. The smallest absolute Gasteiger partial charge is 0.252 e. The van der Waals surface area contributed by atoms with Crippen molar-refractivity contribution in [3.05, 3.63) is 17.5 Å². The molecule has 1 saturated carbocycles. The first-order chi connectivity index (χ1) is 10.1. The van der Waals surface area contributed by atoms with E-state index in [1.54, 1.807) is 0 Å². The summed E-state index contributed by atoms with van der Waals surface area (Å²) < 4.78 is 0. The Kier molecular flexibility index (Phi) is 3.72. The number of nitrogens with two attached hydrogens (primary N) is 1. The molecular weight excluding hydrogens is 270 g/mol. The molecule has 7 nitrogen and oxygen atoms in total. The Bertz CT molecular complexity index is 568. The first-order valence-corrected chi connectivity index (χ1v) is 7.36. The van der Waals surface area contributed by atoms with Crippen LogP contribution in [0.3, 0.4) is 0 Å². The molecule has 7 heteroatoms. The maximum Gasteiger partial charge on any atom is 0.252 e. The molecule has 2 aliphatic rings. The molecule has 1 saturated heterocycles. The zero-order valence-corrected chi connectivity index (χ0v) is 11.8. The quantitative estimate of drug-likeness (QED) is 0.749. The van der Waals surface area contributed by atoms with Crippen LogP contribution in [0.15, 0.2) is 6.20 Å². The number of carbonyl (C=O) groups is 2. The van der Waals surface area contributed by atoms with Crippen LogP contribution < -0.4 is 16.4 Å². The summed E-state index contributed by atoms with van der Waals surface area (Å²) in [6.07, 6.45) is 6.49. The van der Waals surface area contributed by atoms with E-state index in [0.717, 1.165) is 31.4 Å². The molecule has 1 aromatic heterocycles. The van der Waals surface area contributed by atoms with Crippen LogP contribution in [0.25, 0.3) is 0 Å². The van der Waals surface area contributed by atoms with Crippen LogP contribution in [-0.2, 0) is 4.79 Å². The molecule has 3 rings (SSSR count). The minimum absolute atomic E-state index is 0.0417. The number of aromatic nitrogens is 2. The van der Waals surface area contributed by atoms with E-state index in [9.17, 15) is 9.59 Å². The van der Waals surface area contributed by atoms with Gasteiger partial charge in [0.05, 0.1) is 11.3 Å². The van der Waals surface area contributed by atoms with E-state index in [-0.39, 0.29) is 17.9 Å². The molecule has 2 amide bonds. The zero-order valence-electron chi connectivity index (χ0n) is 11.8. The highest BCUT2D eigenvalue weighted by Crippen LogP contribution is 2.34. The van der Waals surface area contributed by atoms with Crippen molar-refractivity contribution in [3.8, 4) is 0 Å². The fraction of sp³-hybridized carbons (Fsp3) is 0.571. The number of carbonyl (C=O) groups excluding carboxylic acids is 2. The summed E-state index contributed by atoms with van der Waals surface area (Å²) in [6.45, 7) is 0.658. The fourth-order valence-corrected chi connectivity index (χ4v) is 3.05. The van der Waals surface area contributed by atoms with Crippen LogP contribution in [0.5, 0.6) is 0 Å². The van der Waals surface area contributed by atoms with E-state index in [1.165, 1.54) is 6.20 Å². The Morgan fingerprint density at radius 2 is 2.10 bits per heavy atom. The standard InChI is InChI=1S/C14H19N5O2/c15-12(20)9-7-17-14(18-10-5-6-16-13(10)21)19-11(9)8-3-1-2-4-8/h7-8,10H,1-6H2,(H2,15,20)(H,16,21)(H,17,18,19). The third-order valence-electron chi connectivity index (χ3n) is 4.18. The lowest BCUT2D eigenvalue weighted by molar-refractivity contribution is -0.119. The van der Waals surface area contributed by atoms with Gasteiger partial charge in [0.1, 0.15) is 6.04 Å². The molecular formula is C14H19N5O2. The Morgan fingerprint density at radius 1 is 1.33 bits per heavy atom. The average Bonchev–Trinajstić information content (AvgIpc) is 3.11. The second-order valence-electron chi connectivity index (χ2n) is 5.61. The van der Waals surface area contributed by atoms with Crippen LogP contribution in [0, 0.1) is 0 Å². The van der Waals surface area contributed by atoms with E-state index in [1.807, 2.05) is 0 Å². The third kappa shape index (κ3) is 2.81. The van der Waals surface area contributed by atoms with Crippen molar-refractivity contribution in [1.29, 1.82) is 0 Å². The van der Waals surface area contributed by atoms with E-state index in [0.29, 0.717) is 24.5 Å². The largest absolute Gasteiger partial charge is 0.365 e. The molecule has 112 valence electrons. The molecule has 1 aliphatic heterocycles. The first-order valence-electron chi connectivity index (χ1n) is 7.36. The number of nitrogens with one attached hydrogen (secondary N) is 2. The van der Waals surface area contributed by atoms with Gasteiger partial charge in [-0.25, -0.2) is 9.97 Å². The predicted molar refractivity (Wildman–Crippen MR) is 76.8 cm³/mol. The van der Waals surface area contributed by atoms with Crippen molar-refractivity contribution >= 4 is 17.8 Å². The molecule has 2 fully saturated rings. The highest BCUT2D eigenvalue weighted by atomic mass is 16.2. The number of hydrogen-bond acceptors (Lipinski definition) is 5. The summed E-state index contributed by atoms with van der Waals surface area (Å²) in [5, 5.41) is 5.79. The average molecular weight is 289 g/mol. The highest BCUT2D eigenvalue weighted by molar-refractivity contribution is 5.94. The number of amides is 2. The van der Waals surface area contributed by atoms with Gasteiger partial charge in [-0.3, -0.25) is 9.59 Å². The first kappa shape index (κ1) is 13.8. The van der Waals surface area contributed by atoms with Crippen molar-refractivity contribution in [3.63, 3.8) is 0 Å². The van der Waals surface area contributed by atoms with Gasteiger partial charge in [0.15, 0.2) is 0 Å². The molecule has 1 aromatic rings. The molecule has 1 aliphatic carbocycles. The Labute approximate surface area is 122 Å². The summed E-state index contributed by atoms with van der Waals surface area (Å²) in [6, 6.07) is -0.305. The van der Waals surface area contributed by atoms with Gasteiger partial charge in [-0.2, -0.15) is 0 Å². The lowest BCUT2D eigenvalue weighted by Gasteiger charge is -2.15. The van der Waals surface area contributed by atoms with Crippen LogP contribution in [0.2, 0.25) is 0 Å². The van der Waals surface area contributed by atoms with Gasteiger partial charge in [-0.05, 0) is 19.3 Å². The SMILES string of the molecule is NC(=O)c1cnc(NC2CCNC2=O)nc1C1CCCC1. The van der Waals surface area contributed by atoms with Crippen molar-refractivity contribution in [2.24, 2.45) is 5.73 Å². The molecule has 2 heterocycles. The topological polar surface area (TPSA) is 110 Å². The minimum Gasteiger partial charge on any atom is -0.365 e. The normalized spacial score (nSPS) is 22.3. The second-order valence-corrected chi connectivity index (χ2v) is 5.61. The van der Waals surface area contributed by atoms with Crippen LogP contribution >= 0.6 is 0 Å². The van der Waals surface area contributed by atoms with Gasteiger partial charge >= 0.3 is 0 Å². The zero-order chi connectivity index (χ0) is 14.8. The summed E-state index contributed by atoms with van der Waals surface area (Å²) in [7, 11) is 0. The van der Waals surface area contributed by atoms with E-state index in [4.69, 9.17) is 5.73 Å². The summed E-state index contributed by atoms with van der Waals surface area (Å²) in [5.41, 5.74) is 6.52. The van der Waals surface area contributed by atoms with Gasteiger partial charge in [0, 0.05) is 18.7 Å². The number of anilines is 1. The molecule has 4 N–H and O–H groups in total. The third-order valence-corrected chi connectivity index (χ3v) is 4.18. The van der Waals surface area contributed by atoms with Gasteiger partial charge < -0.3 is 16.4 Å². The van der Waals surface area contributed by atoms with E-state index >= 15 is 0 Å². The van der Waals surface area contributed by atoms with Crippen LogP contribution in [0.4, 0.5) is 5.95 Å². The molecule has 1 unspecified atom stereocenters. The number of nitrogens with zero attached hydrogens (tertiary/aromatic N) is 2. The monoisotopic (exact) mass is 289 g/mol. The summed E-state index contributed by atoms with van der Waals surface area (Å²) in [4.78, 5) is 31.7. The van der Waals surface area contributed by atoms with Gasteiger partial charge in [-0.1, -0.05) is 12.8 Å². The molecule has 21 heavy (non-hydrogen) atoms. The van der Waals surface area contributed by atoms with E-state index in [2.05, 4.69) is 20.6 Å². The molecule has 0 aromatic carbocycles. The lowest BCUT2D eigenvalue weighted by atomic mass is 9.99. The minimum atomic E-state index is -0.498. The summed E-state index contributed by atoms with van der Waals surface area (Å²) >= 11 is 0. The number of primary amides is 1. The van der Waals surface area contributed by atoms with Crippen LogP contribution in [0.1, 0.15) is 54.1 Å². The molecule has 0 spiro atoms.